The highest BCUT2D eigenvalue weighted by atomic mass is 127. The van der Waals surface area contributed by atoms with Crippen LogP contribution >= 0.6 is 22.6 Å². The molecule has 0 rings (SSSR count). The number of aliphatic hydroxyl groups is 1. The van der Waals surface area contributed by atoms with E-state index in [9.17, 15) is 5.11 Å². The van der Waals surface area contributed by atoms with Gasteiger partial charge in [0.25, 0.3) is 0 Å². The van der Waals surface area contributed by atoms with Gasteiger partial charge in [-0.15, -0.1) is 5.92 Å². The van der Waals surface area contributed by atoms with E-state index >= 15 is 0 Å². The largest absolute Gasteiger partial charge is 0.372 e. The molecular formula is C10H12INO. The summed E-state index contributed by atoms with van der Waals surface area (Å²) in [5, 5.41) is 9.71. The van der Waals surface area contributed by atoms with Crippen molar-refractivity contribution in [2.45, 2.75) is 19.4 Å². The molecule has 0 fully saturated rings. The first-order valence-corrected chi connectivity index (χ1v) is 4.80. The fourth-order valence-corrected chi connectivity index (χ4v) is 0.886. The number of rotatable bonds is 3. The third kappa shape index (κ3) is 4.86. The van der Waals surface area contributed by atoms with Crippen LogP contribution in [0.15, 0.2) is 29.9 Å². The summed E-state index contributed by atoms with van der Waals surface area (Å²) in [6.45, 7) is 6.79. The molecule has 13 heavy (non-hydrogen) atoms. The Bertz CT molecular complexity index is 292. The van der Waals surface area contributed by atoms with Gasteiger partial charge in [-0.25, -0.2) is 0 Å². The molecule has 0 aromatic rings. The zero-order chi connectivity index (χ0) is 10.3. The predicted molar refractivity (Wildman–Crippen MR) is 64.9 cm³/mol. The molecule has 0 aliphatic rings. The molecule has 0 amide bonds. The van der Waals surface area contributed by atoms with Crippen LogP contribution in [0.4, 0.5) is 0 Å². The third-order valence-corrected chi connectivity index (χ3v) is 2.51. The molecule has 0 heterocycles. The van der Waals surface area contributed by atoms with Gasteiger partial charge < -0.3 is 5.11 Å². The Hall–Kier alpha value is -0.600. The number of aliphatic imine (C=N–C) groups is 1. The minimum absolute atomic E-state index is 0.539. The maximum Gasteiger partial charge on any atom is 0.170 e. The van der Waals surface area contributed by atoms with E-state index in [1.54, 1.807) is 32.2 Å². The van der Waals surface area contributed by atoms with Gasteiger partial charge in [0.05, 0.1) is 0 Å². The summed E-state index contributed by atoms with van der Waals surface area (Å²) >= 11 is 1.96. The van der Waals surface area contributed by atoms with Crippen LogP contribution in [0.25, 0.3) is 0 Å². The summed E-state index contributed by atoms with van der Waals surface area (Å²) < 4.78 is 0.539. The Labute approximate surface area is 92.6 Å². The van der Waals surface area contributed by atoms with Gasteiger partial charge in [-0.1, -0.05) is 18.6 Å². The lowest BCUT2D eigenvalue weighted by Crippen LogP contribution is -2.28. The average molecular weight is 289 g/mol. The molecule has 0 aliphatic heterocycles. The van der Waals surface area contributed by atoms with Crippen molar-refractivity contribution in [3.05, 3.63) is 24.9 Å². The highest BCUT2D eigenvalue weighted by Gasteiger charge is 2.21. The van der Waals surface area contributed by atoms with E-state index in [4.69, 9.17) is 0 Å². The zero-order valence-electron chi connectivity index (χ0n) is 7.71. The quantitative estimate of drug-likeness (QED) is 0.368. The molecule has 1 atom stereocenters. The monoisotopic (exact) mass is 289 g/mol. The predicted octanol–water partition coefficient (Wildman–Crippen LogP) is 2.29. The maximum atomic E-state index is 9.71. The van der Waals surface area contributed by atoms with Gasteiger partial charge in [-0.05, 0) is 42.5 Å². The van der Waals surface area contributed by atoms with Gasteiger partial charge in [-0.2, -0.15) is 0 Å². The van der Waals surface area contributed by atoms with E-state index in [-0.39, 0.29) is 0 Å². The van der Waals surface area contributed by atoms with Crippen LogP contribution in [0.5, 0.6) is 0 Å². The Balaban J connectivity index is 4.62. The number of allylic oxidation sites excluding steroid dienone is 2. The summed E-state index contributed by atoms with van der Waals surface area (Å²) in [4.78, 5) is 4.00. The zero-order valence-corrected chi connectivity index (χ0v) is 9.87. The molecule has 1 N–H and O–H groups in total. The fraction of sp³-hybridized carbons (Fsp3) is 0.300. The van der Waals surface area contributed by atoms with Crippen molar-refractivity contribution in [1.82, 2.24) is 0 Å². The summed E-state index contributed by atoms with van der Waals surface area (Å²) in [6, 6.07) is 0. The molecular weight excluding hydrogens is 277 g/mol. The highest BCUT2D eigenvalue weighted by Crippen LogP contribution is 2.11. The molecule has 0 saturated carbocycles. The second-order valence-electron chi connectivity index (χ2n) is 2.44. The Morgan fingerprint density at radius 1 is 1.69 bits per heavy atom. The number of nitrogens with zero attached hydrogens (tertiary/aromatic N) is 1. The molecule has 1 unspecified atom stereocenters. The molecule has 0 saturated heterocycles. The van der Waals surface area contributed by atoms with Crippen LogP contribution in [-0.4, -0.2) is 14.4 Å². The van der Waals surface area contributed by atoms with Crippen molar-refractivity contribution in [2.75, 3.05) is 0 Å². The lowest BCUT2D eigenvalue weighted by molar-refractivity contribution is 0.199. The second-order valence-corrected chi connectivity index (χ2v) is 3.47. The molecule has 0 aromatic carbocycles. The number of hydrogen-bond donors (Lipinski definition) is 1. The van der Waals surface area contributed by atoms with Gasteiger partial charge in [0.1, 0.15) is 3.72 Å². The Kier molecular flexibility index (Phi) is 5.67. The van der Waals surface area contributed by atoms with Crippen LogP contribution in [0.1, 0.15) is 13.8 Å². The van der Waals surface area contributed by atoms with E-state index in [0.29, 0.717) is 3.72 Å². The van der Waals surface area contributed by atoms with Gasteiger partial charge in [-0.3, -0.25) is 4.99 Å². The number of hydrogen-bond acceptors (Lipinski definition) is 2. The van der Waals surface area contributed by atoms with Crippen molar-refractivity contribution in [3.63, 3.8) is 0 Å². The lowest BCUT2D eigenvalue weighted by atomic mass is 10.1. The van der Waals surface area contributed by atoms with Crippen LogP contribution in [0.3, 0.4) is 0 Å². The summed E-state index contributed by atoms with van der Waals surface area (Å²) in [6.07, 6.45) is 4.88. The van der Waals surface area contributed by atoms with Gasteiger partial charge in [0.15, 0.2) is 5.60 Å². The minimum Gasteiger partial charge on any atom is -0.372 e. The van der Waals surface area contributed by atoms with Crippen molar-refractivity contribution in [1.29, 1.82) is 0 Å². The Morgan fingerprint density at radius 2 is 2.31 bits per heavy atom. The molecule has 0 aromatic heterocycles. The van der Waals surface area contributed by atoms with Crippen LogP contribution in [0, 0.1) is 11.8 Å². The van der Waals surface area contributed by atoms with Crippen LogP contribution < -0.4 is 0 Å². The van der Waals surface area contributed by atoms with Crippen LogP contribution in [0.2, 0.25) is 0 Å². The van der Waals surface area contributed by atoms with Gasteiger partial charge >= 0.3 is 0 Å². The van der Waals surface area contributed by atoms with E-state index in [0.717, 1.165) is 0 Å². The normalized spacial score (nSPS) is 16.2. The van der Waals surface area contributed by atoms with E-state index < -0.39 is 5.60 Å². The molecule has 0 radical (unpaired) electrons. The van der Waals surface area contributed by atoms with Crippen LogP contribution in [-0.2, 0) is 0 Å². The third-order valence-electron chi connectivity index (χ3n) is 1.18. The van der Waals surface area contributed by atoms with Crippen molar-refractivity contribution < 1.29 is 5.11 Å². The second kappa shape index (κ2) is 5.95. The standard InChI is InChI=1S/C10H12INO/c1-4-6-8-12-9(11)10(3,13)7-5-2/h4,6,8,13H,1H2,2-3H3/b8-6-,12-9-. The summed E-state index contributed by atoms with van der Waals surface area (Å²) in [5.41, 5.74) is -1.15. The smallest absolute Gasteiger partial charge is 0.170 e. The highest BCUT2D eigenvalue weighted by molar-refractivity contribution is 14.1. The molecule has 0 bridgehead atoms. The van der Waals surface area contributed by atoms with Crippen molar-refractivity contribution in [3.8, 4) is 11.8 Å². The van der Waals surface area contributed by atoms with E-state index in [1.807, 2.05) is 22.6 Å². The summed E-state index contributed by atoms with van der Waals surface area (Å²) in [5.74, 6) is 5.31. The lowest BCUT2D eigenvalue weighted by Gasteiger charge is -2.13. The van der Waals surface area contributed by atoms with Crippen molar-refractivity contribution >= 4 is 26.3 Å². The van der Waals surface area contributed by atoms with Gasteiger partial charge in [0.2, 0.25) is 0 Å². The first kappa shape index (κ1) is 12.4. The minimum atomic E-state index is -1.15. The Morgan fingerprint density at radius 3 is 2.77 bits per heavy atom. The first-order valence-electron chi connectivity index (χ1n) is 3.72. The molecule has 70 valence electrons. The molecule has 0 spiro atoms. The first-order chi connectivity index (χ1) is 6.04. The maximum absolute atomic E-state index is 9.71. The molecule has 3 heteroatoms. The SMILES string of the molecule is C=C/C=C\N=C(/I)C(C)(O)C#CC. The van der Waals surface area contributed by atoms with Crippen molar-refractivity contribution in [2.24, 2.45) is 4.99 Å². The molecule has 2 nitrogen and oxygen atoms in total. The summed E-state index contributed by atoms with van der Waals surface area (Å²) in [7, 11) is 0. The van der Waals surface area contributed by atoms with E-state index in [2.05, 4.69) is 23.4 Å². The molecule has 0 aliphatic carbocycles. The fourth-order valence-electron chi connectivity index (χ4n) is 0.590. The topological polar surface area (TPSA) is 32.6 Å². The average Bonchev–Trinajstić information content (AvgIpc) is 2.04. The van der Waals surface area contributed by atoms with Gasteiger partial charge in [0, 0.05) is 6.20 Å². The van der Waals surface area contributed by atoms with E-state index in [1.165, 1.54) is 0 Å². The number of halogens is 1.